The van der Waals surface area contributed by atoms with E-state index in [4.69, 9.17) is 15.5 Å². The van der Waals surface area contributed by atoms with Crippen LogP contribution in [-0.2, 0) is 6.42 Å². The van der Waals surface area contributed by atoms with Gasteiger partial charge in [-0.25, -0.2) is 14.5 Å². The van der Waals surface area contributed by atoms with Gasteiger partial charge in [-0.2, -0.15) is 0 Å². The van der Waals surface area contributed by atoms with Gasteiger partial charge in [0.2, 0.25) is 5.95 Å². The number of fused-ring (bicyclic) bond motifs is 3. The molecule has 4 aromatic rings. The Balaban J connectivity index is 1.70. The number of aliphatic imine (C=N–C) groups is 1. The van der Waals surface area contributed by atoms with Crippen molar-refractivity contribution in [2.45, 2.75) is 6.42 Å². The molecule has 130 valence electrons. The second kappa shape index (κ2) is 5.17. The van der Waals surface area contributed by atoms with Crippen molar-refractivity contribution in [2.24, 2.45) is 4.99 Å². The lowest BCUT2D eigenvalue weighted by atomic mass is 10.0. The van der Waals surface area contributed by atoms with Crippen LogP contribution in [0, 0.1) is 0 Å². The number of nitrogens with zero attached hydrogens (tertiary/aromatic N) is 4. The van der Waals surface area contributed by atoms with Crippen LogP contribution in [0.3, 0.4) is 0 Å². The van der Waals surface area contributed by atoms with Crippen molar-refractivity contribution in [3.63, 3.8) is 0 Å². The van der Waals surface area contributed by atoms with E-state index in [1.807, 2.05) is 36.5 Å². The summed E-state index contributed by atoms with van der Waals surface area (Å²) in [6.07, 6.45) is 2.86. The molecule has 0 amide bonds. The number of aromatic nitrogens is 3. The lowest BCUT2D eigenvalue weighted by Crippen LogP contribution is -2.06. The summed E-state index contributed by atoms with van der Waals surface area (Å²) in [6.45, 7) is 0.737. The Morgan fingerprint density at radius 1 is 1.04 bits per heavy atom. The van der Waals surface area contributed by atoms with Crippen molar-refractivity contribution in [1.82, 2.24) is 14.6 Å². The Morgan fingerprint density at radius 2 is 1.96 bits per heavy atom. The van der Waals surface area contributed by atoms with Gasteiger partial charge >= 0.3 is 0 Å². The summed E-state index contributed by atoms with van der Waals surface area (Å²) < 4.78 is 7.56. The number of hydrogen-bond acceptors (Lipinski definition) is 5. The fourth-order valence-electron chi connectivity index (χ4n) is 3.91. The summed E-state index contributed by atoms with van der Waals surface area (Å²) in [5.74, 6) is 1.18. The average Bonchev–Trinajstić information content (AvgIpc) is 3.29. The molecular weight excluding hydrogens is 338 g/mol. The summed E-state index contributed by atoms with van der Waals surface area (Å²) >= 11 is 0. The molecule has 2 aromatic heterocycles. The fourth-order valence-corrected chi connectivity index (χ4v) is 3.91. The molecule has 27 heavy (non-hydrogen) atoms. The lowest BCUT2D eigenvalue weighted by molar-refractivity contribution is 0.357. The van der Waals surface area contributed by atoms with E-state index >= 15 is 0 Å². The van der Waals surface area contributed by atoms with Crippen LogP contribution in [0.5, 0.6) is 5.75 Å². The second-order valence-corrected chi connectivity index (χ2v) is 6.74. The summed E-state index contributed by atoms with van der Waals surface area (Å²) in [6, 6.07) is 16.3. The highest BCUT2D eigenvalue weighted by atomic mass is 16.5. The highest BCUT2D eigenvalue weighted by Crippen LogP contribution is 2.38. The maximum Gasteiger partial charge on any atom is 0.238 e. The first-order valence-corrected chi connectivity index (χ1v) is 8.87. The van der Waals surface area contributed by atoms with Gasteiger partial charge in [0, 0.05) is 29.3 Å². The molecule has 0 spiro atoms. The molecule has 0 aliphatic carbocycles. The van der Waals surface area contributed by atoms with Crippen LogP contribution in [0.2, 0.25) is 0 Å². The molecule has 0 fully saturated rings. The van der Waals surface area contributed by atoms with Gasteiger partial charge in [-0.15, -0.1) is 5.10 Å². The Morgan fingerprint density at radius 3 is 2.93 bits per heavy atom. The quantitative estimate of drug-likeness (QED) is 0.501. The maximum absolute atomic E-state index is 5.95. The zero-order chi connectivity index (χ0) is 18.0. The third-order valence-corrected chi connectivity index (χ3v) is 5.14. The number of ether oxygens (including phenoxy) is 1. The average molecular weight is 353 g/mol. The molecule has 0 saturated carbocycles. The third kappa shape index (κ3) is 2.04. The van der Waals surface area contributed by atoms with Gasteiger partial charge < -0.3 is 10.5 Å². The van der Waals surface area contributed by atoms with Gasteiger partial charge in [-0.1, -0.05) is 30.3 Å². The van der Waals surface area contributed by atoms with Crippen LogP contribution < -0.4 is 10.5 Å². The van der Waals surface area contributed by atoms with Gasteiger partial charge in [0.15, 0.2) is 0 Å². The summed E-state index contributed by atoms with van der Waals surface area (Å²) in [5, 5.41) is 4.34. The van der Waals surface area contributed by atoms with E-state index in [2.05, 4.69) is 28.3 Å². The van der Waals surface area contributed by atoms with E-state index < -0.39 is 0 Å². The van der Waals surface area contributed by atoms with Crippen LogP contribution in [-0.4, -0.2) is 26.9 Å². The molecule has 4 heterocycles. The monoisotopic (exact) mass is 353 g/mol. The van der Waals surface area contributed by atoms with Crippen molar-refractivity contribution < 1.29 is 4.74 Å². The highest BCUT2D eigenvalue weighted by Gasteiger charge is 2.24. The lowest BCUT2D eigenvalue weighted by Gasteiger charge is -2.07. The number of rotatable bonds is 1. The van der Waals surface area contributed by atoms with Crippen molar-refractivity contribution >= 4 is 22.9 Å². The van der Waals surface area contributed by atoms with Gasteiger partial charge in [0.05, 0.1) is 18.0 Å². The first-order chi connectivity index (χ1) is 13.3. The molecule has 2 aromatic carbocycles. The number of hydrogen-bond donors (Lipinski definition) is 1. The van der Waals surface area contributed by atoms with E-state index in [0.29, 0.717) is 0 Å². The summed E-state index contributed by atoms with van der Waals surface area (Å²) in [5.41, 5.74) is 13.6. The maximum atomic E-state index is 5.95. The van der Waals surface area contributed by atoms with Crippen LogP contribution >= 0.6 is 0 Å². The zero-order valence-electron chi connectivity index (χ0n) is 14.4. The van der Waals surface area contributed by atoms with Crippen molar-refractivity contribution in [1.29, 1.82) is 0 Å². The van der Waals surface area contributed by atoms with Crippen molar-refractivity contribution in [2.75, 3.05) is 12.3 Å². The molecule has 6 heteroatoms. The van der Waals surface area contributed by atoms with Crippen molar-refractivity contribution in [3.8, 4) is 17.0 Å². The zero-order valence-corrected chi connectivity index (χ0v) is 14.4. The van der Waals surface area contributed by atoms with Crippen LogP contribution in [0.4, 0.5) is 11.6 Å². The highest BCUT2D eigenvalue weighted by molar-refractivity contribution is 6.21. The molecule has 0 unspecified atom stereocenters. The molecule has 0 bridgehead atoms. The number of nitrogen functional groups attached to an aromatic ring is 1. The summed E-state index contributed by atoms with van der Waals surface area (Å²) in [7, 11) is 0. The molecule has 0 saturated heterocycles. The largest absolute Gasteiger partial charge is 0.493 e. The minimum absolute atomic E-state index is 0.240. The standard InChI is InChI=1S/C21H15N5O/c22-21-24-19-14-3-1-2-4-16(14)23-18(15-7-9-26(25-21)20(15)19)13-6-5-12-8-10-27-17(12)11-13/h1-7,9,11H,8,10H2,(H2,22,25). The van der Waals surface area contributed by atoms with E-state index in [1.165, 1.54) is 5.56 Å². The van der Waals surface area contributed by atoms with Gasteiger partial charge in [-0.3, -0.25) is 0 Å². The SMILES string of the molecule is Nc1nc2c3c(ccn3n1)C(c1ccc3c(c1)OCC3)=Nc1ccccc1-2. The van der Waals surface area contributed by atoms with Crippen LogP contribution in [0.1, 0.15) is 16.7 Å². The minimum atomic E-state index is 0.240. The molecule has 0 radical (unpaired) electrons. The van der Waals surface area contributed by atoms with Crippen LogP contribution in [0.25, 0.3) is 16.8 Å². The van der Waals surface area contributed by atoms with Gasteiger partial charge in [0.25, 0.3) is 0 Å². The van der Waals surface area contributed by atoms with Crippen molar-refractivity contribution in [3.05, 3.63) is 71.4 Å². The molecule has 2 N–H and O–H groups in total. The predicted molar refractivity (Wildman–Crippen MR) is 104 cm³/mol. The Hall–Kier alpha value is -3.67. The minimum Gasteiger partial charge on any atom is -0.493 e. The molecular formula is C21H15N5O. The molecule has 6 rings (SSSR count). The Bertz CT molecular complexity index is 1270. The number of nitrogens with two attached hydrogens (primary N) is 1. The smallest absolute Gasteiger partial charge is 0.238 e. The molecule has 2 aliphatic rings. The number of benzene rings is 2. The normalized spacial score (nSPS) is 14.3. The second-order valence-electron chi connectivity index (χ2n) is 6.74. The molecule has 6 nitrogen and oxygen atoms in total. The number of para-hydroxylation sites is 1. The molecule has 0 atom stereocenters. The van der Waals surface area contributed by atoms with E-state index in [1.54, 1.807) is 4.52 Å². The Kier molecular flexibility index (Phi) is 2.78. The number of anilines is 1. The fraction of sp³-hybridized carbons (Fsp3) is 0.0952. The topological polar surface area (TPSA) is 77.8 Å². The molecule has 2 aliphatic heterocycles. The van der Waals surface area contributed by atoms with E-state index in [0.717, 1.165) is 58.1 Å². The van der Waals surface area contributed by atoms with E-state index in [9.17, 15) is 0 Å². The van der Waals surface area contributed by atoms with E-state index in [-0.39, 0.29) is 5.95 Å². The van der Waals surface area contributed by atoms with Crippen LogP contribution in [0.15, 0.2) is 59.7 Å². The third-order valence-electron chi connectivity index (χ3n) is 5.14. The Labute approximate surface area is 155 Å². The van der Waals surface area contributed by atoms with Gasteiger partial charge in [0.1, 0.15) is 17.0 Å². The summed E-state index contributed by atoms with van der Waals surface area (Å²) in [4.78, 5) is 9.55. The first-order valence-electron chi connectivity index (χ1n) is 8.87. The first kappa shape index (κ1) is 14.5. The van der Waals surface area contributed by atoms with Gasteiger partial charge in [-0.05, 0) is 23.8 Å². The predicted octanol–water partition coefficient (Wildman–Crippen LogP) is 3.40.